The van der Waals surface area contributed by atoms with Crippen LogP contribution in [-0.2, 0) is 10.8 Å². The van der Waals surface area contributed by atoms with Gasteiger partial charge in [0.1, 0.15) is 0 Å². The van der Waals surface area contributed by atoms with Gasteiger partial charge >= 0.3 is 0 Å². The predicted molar refractivity (Wildman–Crippen MR) is 384 cm³/mol. The quantitative estimate of drug-likeness (QED) is 0.136. The summed E-state index contributed by atoms with van der Waals surface area (Å²) in [4.78, 5) is 5.06. The van der Waals surface area contributed by atoms with Crippen molar-refractivity contribution in [3.05, 3.63) is 302 Å². The van der Waals surface area contributed by atoms with E-state index in [0.29, 0.717) is 0 Å². The van der Waals surface area contributed by atoms with Crippen LogP contribution in [-0.4, -0.2) is 8.80 Å². The zero-order valence-corrected chi connectivity index (χ0v) is 51.5. The van der Waals surface area contributed by atoms with Crippen LogP contribution in [0.5, 0.6) is 0 Å². The molecule has 0 N–H and O–H groups in total. The van der Waals surface area contributed by atoms with Crippen LogP contribution in [0.15, 0.2) is 291 Å². The van der Waals surface area contributed by atoms with Gasteiger partial charge in [-0.1, -0.05) is 260 Å². The first-order valence-electron chi connectivity index (χ1n) is 31.6. The van der Waals surface area contributed by atoms with Crippen molar-refractivity contribution < 1.29 is 0 Å². The third-order valence-corrected chi connectivity index (χ3v) is 19.0. The number of para-hydroxylation sites is 4. The third kappa shape index (κ3) is 8.07. The van der Waals surface area contributed by atoms with Crippen molar-refractivity contribution in [1.29, 1.82) is 0 Å². The minimum atomic E-state index is -0.0603. The normalized spacial score (nSPS) is 12.3. The van der Waals surface area contributed by atoms with Crippen molar-refractivity contribution in [3.63, 3.8) is 0 Å². The molecular formula is C86H66N4. The lowest BCUT2D eigenvalue weighted by Crippen LogP contribution is -2.15. The third-order valence-electron chi connectivity index (χ3n) is 19.0. The Morgan fingerprint density at radius 1 is 0.256 bits per heavy atom. The number of fused-ring (bicyclic) bond motifs is 12. The molecule has 0 saturated heterocycles. The molecule has 4 nitrogen and oxygen atoms in total. The summed E-state index contributed by atoms with van der Waals surface area (Å²) >= 11 is 0. The second-order valence-electron chi connectivity index (χ2n) is 26.4. The number of anilines is 6. The van der Waals surface area contributed by atoms with Gasteiger partial charge in [0.05, 0.1) is 55.8 Å². The molecule has 4 heterocycles. The lowest BCUT2D eigenvalue weighted by molar-refractivity contribution is 0.590. The number of hydrogen-bond acceptors (Lipinski definition) is 2. The van der Waals surface area contributed by atoms with E-state index >= 15 is 0 Å². The summed E-state index contributed by atoms with van der Waals surface area (Å²) in [5.41, 5.74) is 25.8. The van der Waals surface area contributed by atoms with E-state index in [2.05, 4.69) is 351 Å². The number of benzene rings is 13. The highest BCUT2D eigenvalue weighted by Gasteiger charge is 2.34. The fraction of sp³-hybridized carbons (Fsp3) is 0.0930. The number of rotatable bonds is 10. The van der Waals surface area contributed by atoms with Crippen molar-refractivity contribution in [2.75, 3.05) is 9.80 Å². The average Bonchev–Trinajstić information content (AvgIpc) is 1.50. The van der Waals surface area contributed by atoms with Crippen molar-refractivity contribution in [2.45, 2.75) is 52.4 Å². The molecule has 0 fully saturated rings. The van der Waals surface area contributed by atoms with Gasteiger partial charge in [-0.3, -0.25) is 0 Å². The molecule has 0 spiro atoms. The van der Waals surface area contributed by atoms with Crippen LogP contribution in [0.4, 0.5) is 34.1 Å². The molecule has 0 unspecified atom stereocenters. The fourth-order valence-electron chi connectivity index (χ4n) is 14.9. The van der Waals surface area contributed by atoms with Gasteiger partial charge in [-0.05, 0) is 117 Å². The van der Waals surface area contributed by atoms with E-state index in [1.807, 2.05) is 0 Å². The zero-order valence-electron chi connectivity index (χ0n) is 51.5. The Kier molecular flexibility index (Phi) is 12.0. The molecule has 430 valence electrons. The highest BCUT2D eigenvalue weighted by molar-refractivity contribution is 6.39. The first-order chi connectivity index (χ1) is 44.0. The molecule has 0 aliphatic heterocycles. The van der Waals surface area contributed by atoms with Crippen LogP contribution in [0, 0.1) is 0 Å². The minimum Gasteiger partial charge on any atom is -0.309 e. The zero-order chi connectivity index (χ0) is 60.6. The average molecular weight is 1160 g/mol. The highest BCUT2D eigenvalue weighted by atomic mass is 15.2. The number of hydrogen-bond donors (Lipinski definition) is 0. The molecular weight excluding hydrogens is 1090 g/mol. The van der Waals surface area contributed by atoms with Crippen molar-refractivity contribution in [2.24, 2.45) is 0 Å². The van der Waals surface area contributed by atoms with E-state index < -0.39 is 0 Å². The van der Waals surface area contributed by atoms with E-state index in [1.165, 1.54) is 132 Å². The van der Waals surface area contributed by atoms with Crippen LogP contribution in [0.3, 0.4) is 0 Å². The first-order valence-corrected chi connectivity index (χ1v) is 31.6. The van der Waals surface area contributed by atoms with Gasteiger partial charge in [0.15, 0.2) is 0 Å². The molecule has 0 saturated carbocycles. The molecule has 0 atom stereocenters. The van der Waals surface area contributed by atoms with Crippen molar-refractivity contribution >= 4 is 110 Å². The van der Waals surface area contributed by atoms with E-state index in [9.17, 15) is 0 Å². The Bertz CT molecular complexity index is 5230. The smallest absolute Gasteiger partial charge is 0.0642 e. The molecule has 4 heteroatoms. The SMILES string of the molecule is CC(C)(C)c1ccc(N(c2ccccc2)c2ccc3c4c(-c5ccccc5)c5c(c(-c6ccccc6)c4n4c6ccccc6c2c34)c2ccc(N(c3ccccc3)c3ccc(C(C)(C)C)cc3-c3ccccc3)c3c4ccccc4n5c23)c(-c2ccccc2)c1. The molecule has 0 aliphatic carbocycles. The maximum Gasteiger partial charge on any atom is 0.0642 e. The molecule has 0 radical (unpaired) electrons. The first kappa shape index (κ1) is 53.3. The summed E-state index contributed by atoms with van der Waals surface area (Å²) < 4.78 is 5.30. The Labute approximate surface area is 525 Å². The van der Waals surface area contributed by atoms with Crippen molar-refractivity contribution in [1.82, 2.24) is 8.80 Å². The summed E-state index contributed by atoms with van der Waals surface area (Å²) in [6.07, 6.45) is 0. The van der Waals surface area contributed by atoms with Gasteiger partial charge in [-0.15, -0.1) is 0 Å². The molecule has 90 heavy (non-hydrogen) atoms. The summed E-state index contributed by atoms with van der Waals surface area (Å²) in [6, 6.07) is 109. The largest absolute Gasteiger partial charge is 0.309 e. The predicted octanol–water partition coefficient (Wildman–Crippen LogP) is 24.2. The summed E-state index contributed by atoms with van der Waals surface area (Å²) in [5, 5.41) is 9.74. The molecule has 13 aromatic carbocycles. The van der Waals surface area contributed by atoms with Crippen LogP contribution < -0.4 is 9.80 Å². The number of aromatic nitrogens is 2. The van der Waals surface area contributed by atoms with E-state index in [0.717, 1.165) is 34.1 Å². The maximum atomic E-state index is 2.65. The molecule has 0 amide bonds. The van der Waals surface area contributed by atoms with Crippen LogP contribution in [0.2, 0.25) is 0 Å². The summed E-state index contributed by atoms with van der Waals surface area (Å²) in [5.74, 6) is 0. The molecule has 17 rings (SSSR count). The lowest BCUT2D eigenvalue weighted by Gasteiger charge is -2.30. The molecule has 4 aromatic heterocycles. The molecule has 17 aromatic rings. The Morgan fingerprint density at radius 2 is 0.567 bits per heavy atom. The van der Waals surface area contributed by atoms with Gasteiger partial charge in [-0.2, -0.15) is 0 Å². The van der Waals surface area contributed by atoms with Crippen molar-refractivity contribution in [3.8, 4) is 44.5 Å². The van der Waals surface area contributed by atoms with E-state index in [4.69, 9.17) is 0 Å². The van der Waals surface area contributed by atoms with Crippen LogP contribution >= 0.6 is 0 Å². The molecule has 0 bridgehead atoms. The number of nitrogens with zero attached hydrogens (tertiary/aromatic N) is 4. The van der Waals surface area contributed by atoms with Crippen LogP contribution in [0.25, 0.3) is 121 Å². The minimum absolute atomic E-state index is 0.0603. The lowest BCUT2D eigenvalue weighted by atomic mass is 9.84. The summed E-state index contributed by atoms with van der Waals surface area (Å²) in [6.45, 7) is 13.9. The van der Waals surface area contributed by atoms with E-state index in [1.54, 1.807) is 0 Å². The maximum absolute atomic E-state index is 2.65. The van der Waals surface area contributed by atoms with Gasteiger partial charge in [0.25, 0.3) is 0 Å². The second kappa shape index (κ2) is 20.3. The second-order valence-corrected chi connectivity index (χ2v) is 26.4. The van der Waals surface area contributed by atoms with Gasteiger partial charge < -0.3 is 18.6 Å². The van der Waals surface area contributed by atoms with Gasteiger partial charge in [-0.25, -0.2) is 0 Å². The standard InChI is InChI=1S/C86H66N4/c1-85(2,3)59-45-49-71(67(53-59)55-29-13-7-14-30-55)87(61-37-21-11-22-38-61)73-51-47-65-79-75(57-33-17-9-18-34-57)84-80(76(58-35-19-10-20-36-58)83(79)89-69-43-27-25-41-63(69)77(73)81(65)89)66-48-52-74(78-64-42-26-28-44-70(64)90(84)82(66)78)88(62-39-23-12-24-40-62)72-50-46-60(86(4,5)6)54-68(72)56-31-15-8-16-32-56/h7-54H,1-6H3. The van der Waals surface area contributed by atoms with E-state index in [-0.39, 0.29) is 10.8 Å². The Hall–Kier alpha value is -10.9. The monoisotopic (exact) mass is 1150 g/mol. The highest BCUT2D eigenvalue weighted by Crippen LogP contribution is 2.58. The fourth-order valence-corrected chi connectivity index (χ4v) is 14.9. The summed E-state index contributed by atoms with van der Waals surface area (Å²) in [7, 11) is 0. The Balaban J connectivity index is 1.04. The van der Waals surface area contributed by atoms with Crippen LogP contribution in [0.1, 0.15) is 52.7 Å². The topological polar surface area (TPSA) is 15.3 Å². The molecule has 0 aliphatic rings. The van der Waals surface area contributed by atoms with Gasteiger partial charge in [0.2, 0.25) is 0 Å². The van der Waals surface area contributed by atoms with Gasteiger partial charge in [0, 0.05) is 76.7 Å². The Morgan fingerprint density at radius 3 is 0.922 bits per heavy atom.